The van der Waals surface area contributed by atoms with Crippen molar-refractivity contribution in [2.75, 3.05) is 11.5 Å². The van der Waals surface area contributed by atoms with Crippen molar-refractivity contribution < 1.29 is 0 Å². The Kier molecular flexibility index (Phi) is 2.84. The largest absolute Gasteiger partial charge is 0.396 e. The summed E-state index contributed by atoms with van der Waals surface area (Å²) in [5.74, 6) is 0. The van der Waals surface area contributed by atoms with Crippen LogP contribution in [0.4, 0.5) is 11.4 Å². The molecule has 1 rings (SSSR count). The van der Waals surface area contributed by atoms with E-state index in [0.717, 1.165) is 0 Å². The number of benzene rings is 1. The highest BCUT2D eigenvalue weighted by atomic mass is 35.5. The van der Waals surface area contributed by atoms with Gasteiger partial charge in [-0.2, -0.15) is 0 Å². The Labute approximate surface area is 89.3 Å². The standard InChI is InChI=1S/C6H4Cl4N2/c7-1-2(8)6(12)4(10)3(9)5(1)11/h11-12H2. The fourth-order valence-electron chi connectivity index (χ4n) is 0.666. The van der Waals surface area contributed by atoms with Gasteiger partial charge in [-0.05, 0) is 0 Å². The smallest absolute Gasteiger partial charge is 0.0859 e. The second-order valence-corrected chi connectivity index (χ2v) is 3.60. The first-order chi connectivity index (χ1) is 5.46. The van der Waals surface area contributed by atoms with Crippen LogP contribution in [0.15, 0.2) is 0 Å². The summed E-state index contributed by atoms with van der Waals surface area (Å²) >= 11 is 22.7. The predicted molar refractivity (Wildman–Crippen MR) is 55.3 cm³/mol. The summed E-state index contributed by atoms with van der Waals surface area (Å²) in [6.45, 7) is 0. The van der Waals surface area contributed by atoms with Crippen molar-refractivity contribution >= 4 is 57.8 Å². The summed E-state index contributed by atoms with van der Waals surface area (Å²) < 4.78 is 0. The highest BCUT2D eigenvalue weighted by molar-refractivity contribution is 6.52. The Morgan fingerprint density at radius 1 is 0.583 bits per heavy atom. The quantitative estimate of drug-likeness (QED) is 0.543. The van der Waals surface area contributed by atoms with Gasteiger partial charge in [-0.3, -0.25) is 0 Å². The van der Waals surface area contributed by atoms with Crippen LogP contribution in [0, 0.1) is 0 Å². The van der Waals surface area contributed by atoms with Crippen LogP contribution in [0.25, 0.3) is 0 Å². The molecular formula is C6H4Cl4N2. The Balaban J connectivity index is 3.60. The summed E-state index contributed by atoms with van der Waals surface area (Å²) in [5.41, 5.74) is 11.2. The Morgan fingerprint density at radius 2 is 0.750 bits per heavy atom. The molecule has 0 saturated carbocycles. The molecule has 0 fully saturated rings. The molecule has 0 radical (unpaired) electrons. The zero-order valence-corrected chi connectivity index (χ0v) is 8.69. The zero-order valence-electron chi connectivity index (χ0n) is 5.67. The third-order valence-corrected chi connectivity index (χ3v) is 3.10. The molecule has 1 aromatic rings. The van der Waals surface area contributed by atoms with E-state index in [1.54, 1.807) is 0 Å². The fourth-order valence-corrected chi connectivity index (χ4v) is 1.55. The highest BCUT2D eigenvalue weighted by Gasteiger charge is 2.15. The lowest BCUT2D eigenvalue weighted by molar-refractivity contribution is 1.66. The summed E-state index contributed by atoms with van der Waals surface area (Å²) in [5, 5.41) is 0.513. The van der Waals surface area contributed by atoms with E-state index in [0.29, 0.717) is 0 Å². The Morgan fingerprint density at radius 3 is 0.917 bits per heavy atom. The lowest BCUT2D eigenvalue weighted by Crippen LogP contribution is -1.95. The molecule has 12 heavy (non-hydrogen) atoms. The molecule has 4 N–H and O–H groups in total. The van der Waals surface area contributed by atoms with Crippen molar-refractivity contribution in [1.82, 2.24) is 0 Å². The molecule has 1 aromatic carbocycles. The van der Waals surface area contributed by atoms with E-state index in [4.69, 9.17) is 57.9 Å². The maximum absolute atomic E-state index is 5.68. The zero-order chi connectivity index (χ0) is 9.46. The molecule has 0 aliphatic heterocycles. The van der Waals surface area contributed by atoms with Crippen LogP contribution in [0.5, 0.6) is 0 Å². The van der Waals surface area contributed by atoms with Crippen molar-refractivity contribution in [2.45, 2.75) is 0 Å². The predicted octanol–water partition coefficient (Wildman–Crippen LogP) is 3.46. The summed E-state index contributed by atoms with van der Waals surface area (Å²) in [6.07, 6.45) is 0. The van der Waals surface area contributed by atoms with Crippen molar-refractivity contribution in [1.29, 1.82) is 0 Å². The fraction of sp³-hybridized carbons (Fsp3) is 0. The lowest BCUT2D eigenvalue weighted by atomic mass is 10.3. The molecule has 0 saturated heterocycles. The lowest BCUT2D eigenvalue weighted by Gasteiger charge is -2.08. The van der Waals surface area contributed by atoms with E-state index in [2.05, 4.69) is 0 Å². The number of rotatable bonds is 0. The number of hydrogen-bond donors (Lipinski definition) is 2. The molecule has 0 unspecified atom stereocenters. The van der Waals surface area contributed by atoms with Crippen molar-refractivity contribution in [3.63, 3.8) is 0 Å². The van der Waals surface area contributed by atoms with Crippen molar-refractivity contribution in [3.05, 3.63) is 20.1 Å². The normalized spacial score (nSPS) is 10.3. The summed E-state index contributed by atoms with van der Waals surface area (Å²) in [4.78, 5) is 0. The summed E-state index contributed by atoms with van der Waals surface area (Å²) in [7, 11) is 0. The van der Waals surface area contributed by atoms with E-state index in [9.17, 15) is 0 Å². The number of hydrogen-bond acceptors (Lipinski definition) is 2. The molecule has 66 valence electrons. The molecule has 2 nitrogen and oxygen atoms in total. The number of nitrogens with two attached hydrogens (primary N) is 2. The SMILES string of the molecule is Nc1c(Cl)c(Cl)c(N)c(Cl)c1Cl. The van der Waals surface area contributed by atoms with Crippen LogP contribution < -0.4 is 11.5 Å². The van der Waals surface area contributed by atoms with Gasteiger partial charge in [0, 0.05) is 0 Å². The van der Waals surface area contributed by atoms with Crippen LogP contribution in [-0.4, -0.2) is 0 Å². The maximum atomic E-state index is 5.68. The Bertz CT molecular complexity index is 232. The van der Waals surface area contributed by atoms with Gasteiger partial charge in [0.15, 0.2) is 0 Å². The van der Waals surface area contributed by atoms with Gasteiger partial charge >= 0.3 is 0 Å². The minimum absolute atomic E-state index is 0.128. The topological polar surface area (TPSA) is 52.0 Å². The van der Waals surface area contributed by atoms with Crippen molar-refractivity contribution in [2.24, 2.45) is 0 Å². The molecule has 0 aliphatic rings. The van der Waals surface area contributed by atoms with Gasteiger partial charge in [0.25, 0.3) is 0 Å². The molecule has 0 amide bonds. The van der Waals surface area contributed by atoms with Crippen molar-refractivity contribution in [3.8, 4) is 0 Å². The maximum Gasteiger partial charge on any atom is 0.0859 e. The molecule has 0 aromatic heterocycles. The third kappa shape index (κ3) is 1.40. The van der Waals surface area contributed by atoms with E-state index >= 15 is 0 Å². The second kappa shape index (κ2) is 3.38. The average molecular weight is 246 g/mol. The molecule has 0 atom stereocenters. The van der Waals surface area contributed by atoms with Gasteiger partial charge in [0.05, 0.1) is 31.5 Å². The van der Waals surface area contributed by atoms with E-state index < -0.39 is 0 Å². The average Bonchev–Trinajstić information content (AvgIpc) is 2.08. The first-order valence-electron chi connectivity index (χ1n) is 2.83. The summed E-state index contributed by atoms with van der Waals surface area (Å²) in [6, 6.07) is 0. The van der Waals surface area contributed by atoms with Gasteiger partial charge in [-0.15, -0.1) is 0 Å². The first-order valence-corrected chi connectivity index (χ1v) is 4.35. The van der Waals surface area contributed by atoms with E-state index in [1.165, 1.54) is 0 Å². The van der Waals surface area contributed by atoms with Crippen LogP contribution in [0.2, 0.25) is 20.1 Å². The minimum Gasteiger partial charge on any atom is -0.396 e. The van der Waals surface area contributed by atoms with E-state index in [-0.39, 0.29) is 31.5 Å². The van der Waals surface area contributed by atoms with Gasteiger partial charge in [-0.25, -0.2) is 0 Å². The van der Waals surface area contributed by atoms with Crippen LogP contribution in [0.1, 0.15) is 0 Å². The van der Waals surface area contributed by atoms with Crippen LogP contribution >= 0.6 is 46.4 Å². The first kappa shape index (κ1) is 10.1. The second-order valence-electron chi connectivity index (χ2n) is 2.08. The van der Waals surface area contributed by atoms with Gasteiger partial charge in [0.1, 0.15) is 0 Å². The Hall–Kier alpha value is -0.0200. The van der Waals surface area contributed by atoms with Gasteiger partial charge in [-0.1, -0.05) is 46.4 Å². The number of anilines is 2. The molecular weight excluding hydrogens is 242 g/mol. The molecule has 0 heterocycles. The highest BCUT2D eigenvalue weighted by Crippen LogP contribution is 2.44. The molecule has 6 heteroatoms. The monoisotopic (exact) mass is 244 g/mol. The number of halogens is 4. The van der Waals surface area contributed by atoms with Crippen LogP contribution in [-0.2, 0) is 0 Å². The van der Waals surface area contributed by atoms with Gasteiger partial charge in [0.2, 0.25) is 0 Å². The minimum atomic E-state index is 0.128. The van der Waals surface area contributed by atoms with Gasteiger partial charge < -0.3 is 11.5 Å². The van der Waals surface area contributed by atoms with Crippen LogP contribution in [0.3, 0.4) is 0 Å². The third-order valence-electron chi connectivity index (χ3n) is 1.33. The number of nitrogen functional groups attached to an aromatic ring is 2. The van der Waals surface area contributed by atoms with E-state index in [1.807, 2.05) is 0 Å². The molecule has 0 aliphatic carbocycles. The molecule has 0 spiro atoms. The molecule has 0 bridgehead atoms.